The number of azide groups is 1. The highest BCUT2D eigenvalue weighted by Crippen LogP contribution is 2.17. The van der Waals surface area contributed by atoms with Crippen LogP contribution in [0.3, 0.4) is 0 Å². The third-order valence-electron chi connectivity index (χ3n) is 2.23. The van der Waals surface area contributed by atoms with Gasteiger partial charge >= 0.3 is 5.97 Å². The fourth-order valence-corrected chi connectivity index (χ4v) is 1.37. The predicted molar refractivity (Wildman–Crippen MR) is 46.4 cm³/mol. The quantitative estimate of drug-likeness (QED) is 0.402. The van der Waals surface area contributed by atoms with E-state index >= 15 is 0 Å². The van der Waals surface area contributed by atoms with Crippen molar-refractivity contribution in [3.05, 3.63) is 10.4 Å². The molecule has 1 aliphatic heterocycles. The van der Waals surface area contributed by atoms with Crippen molar-refractivity contribution in [2.24, 2.45) is 5.11 Å². The number of likely N-dealkylation sites (tertiary alicyclic amines) is 1. The lowest BCUT2D eigenvalue weighted by Gasteiger charge is -2.20. The Bertz CT molecular complexity index is 310. The number of carbonyl (C=O) groups is 2. The van der Waals surface area contributed by atoms with E-state index in [9.17, 15) is 9.59 Å². The lowest BCUT2D eigenvalue weighted by molar-refractivity contribution is -0.147. The first kappa shape index (κ1) is 10.3. The zero-order chi connectivity index (χ0) is 10.7. The number of carboxylic acids is 1. The summed E-state index contributed by atoms with van der Waals surface area (Å²) in [6.45, 7) is 1.76. The van der Waals surface area contributed by atoms with Crippen LogP contribution in [0.25, 0.3) is 10.4 Å². The summed E-state index contributed by atoms with van der Waals surface area (Å²) in [7, 11) is 0. The molecule has 0 spiro atoms. The van der Waals surface area contributed by atoms with Crippen LogP contribution in [0, 0.1) is 0 Å². The van der Waals surface area contributed by atoms with E-state index in [1.807, 2.05) is 0 Å². The smallest absolute Gasteiger partial charge is 0.326 e. The minimum Gasteiger partial charge on any atom is -0.480 e. The number of hydrogen-bond acceptors (Lipinski definition) is 3. The van der Waals surface area contributed by atoms with Gasteiger partial charge in [-0.15, -0.1) is 0 Å². The summed E-state index contributed by atoms with van der Waals surface area (Å²) in [6.07, 6.45) is 0.389. The predicted octanol–water partition coefficient (Wildman–Crippen LogP) is 0.371. The summed E-state index contributed by atoms with van der Waals surface area (Å²) in [5.74, 6) is -1.46. The van der Waals surface area contributed by atoms with Crippen molar-refractivity contribution in [3.63, 3.8) is 0 Å². The van der Waals surface area contributed by atoms with Crippen molar-refractivity contribution < 1.29 is 14.7 Å². The second kappa shape index (κ2) is 3.97. The van der Waals surface area contributed by atoms with E-state index in [4.69, 9.17) is 10.6 Å². The maximum atomic E-state index is 11.4. The van der Waals surface area contributed by atoms with Crippen LogP contribution >= 0.6 is 0 Å². The van der Waals surface area contributed by atoms with Crippen LogP contribution in [0.2, 0.25) is 0 Å². The fraction of sp³-hybridized carbons (Fsp3) is 0.714. The number of rotatable bonds is 3. The summed E-state index contributed by atoms with van der Waals surface area (Å²) in [5.41, 5.74) is 8.15. The Morgan fingerprint density at radius 3 is 3.00 bits per heavy atom. The summed E-state index contributed by atoms with van der Waals surface area (Å²) >= 11 is 0. The molecule has 0 aliphatic carbocycles. The third kappa shape index (κ3) is 1.77. The molecular weight excluding hydrogens is 188 g/mol. The van der Waals surface area contributed by atoms with Crippen LogP contribution in [-0.4, -0.2) is 40.5 Å². The van der Waals surface area contributed by atoms with Crippen LogP contribution in [0.1, 0.15) is 13.3 Å². The number of carboxylic acid groups (broad SMARTS) is 1. The molecular formula is C7H10N4O3. The molecule has 76 valence electrons. The van der Waals surface area contributed by atoms with Gasteiger partial charge in [-0.25, -0.2) is 4.79 Å². The van der Waals surface area contributed by atoms with Crippen molar-refractivity contribution in [1.82, 2.24) is 4.90 Å². The van der Waals surface area contributed by atoms with Gasteiger partial charge in [-0.3, -0.25) is 4.79 Å². The van der Waals surface area contributed by atoms with E-state index < -0.39 is 24.0 Å². The molecule has 1 fully saturated rings. The number of hydrogen-bond donors (Lipinski definition) is 1. The number of aliphatic carboxylic acids is 1. The highest BCUT2D eigenvalue weighted by Gasteiger charge is 2.36. The number of carbonyl (C=O) groups excluding carboxylic acids is 1. The summed E-state index contributed by atoms with van der Waals surface area (Å²) in [6, 6.07) is -1.59. The van der Waals surface area contributed by atoms with E-state index in [0.717, 1.165) is 0 Å². The van der Waals surface area contributed by atoms with Gasteiger partial charge in [0.1, 0.15) is 12.1 Å². The molecule has 1 rings (SSSR count). The third-order valence-corrected chi connectivity index (χ3v) is 2.23. The molecule has 0 aromatic carbocycles. The molecule has 1 aliphatic rings. The van der Waals surface area contributed by atoms with Gasteiger partial charge in [-0.2, -0.15) is 0 Å². The van der Waals surface area contributed by atoms with Gasteiger partial charge in [0.25, 0.3) is 0 Å². The van der Waals surface area contributed by atoms with Gasteiger partial charge in [0, 0.05) is 11.5 Å². The fourth-order valence-electron chi connectivity index (χ4n) is 1.37. The van der Waals surface area contributed by atoms with Gasteiger partial charge in [-0.05, 0) is 18.9 Å². The molecule has 1 N–H and O–H groups in total. The van der Waals surface area contributed by atoms with E-state index in [1.165, 1.54) is 11.8 Å². The summed E-state index contributed by atoms with van der Waals surface area (Å²) in [4.78, 5) is 25.8. The van der Waals surface area contributed by atoms with Crippen molar-refractivity contribution >= 4 is 11.9 Å². The van der Waals surface area contributed by atoms with Gasteiger partial charge in [0.15, 0.2) is 0 Å². The molecule has 1 saturated heterocycles. The first-order chi connectivity index (χ1) is 6.57. The lowest BCUT2D eigenvalue weighted by atomic mass is 10.3. The molecule has 7 heteroatoms. The van der Waals surface area contributed by atoms with Crippen molar-refractivity contribution in [2.45, 2.75) is 25.4 Å². The first-order valence-corrected chi connectivity index (χ1v) is 4.15. The van der Waals surface area contributed by atoms with Crippen LogP contribution in [0.4, 0.5) is 0 Å². The Balaban J connectivity index is 2.73. The monoisotopic (exact) mass is 198 g/mol. The van der Waals surface area contributed by atoms with Gasteiger partial charge in [-0.1, -0.05) is 5.11 Å². The molecule has 0 aromatic rings. The first-order valence-electron chi connectivity index (χ1n) is 4.15. The molecule has 2 unspecified atom stereocenters. The van der Waals surface area contributed by atoms with E-state index in [2.05, 4.69) is 10.0 Å². The average Bonchev–Trinajstić information content (AvgIpc) is 2.48. The lowest BCUT2D eigenvalue weighted by Crippen LogP contribution is -2.41. The van der Waals surface area contributed by atoms with E-state index in [1.54, 1.807) is 0 Å². The van der Waals surface area contributed by atoms with Crippen LogP contribution in [0.15, 0.2) is 5.11 Å². The molecule has 2 atom stereocenters. The highest BCUT2D eigenvalue weighted by atomic mass is 16.4. The van der Waals surface area contributed by atoms with Crippen molar-refractivity contribution in [2.75, 3.05) is 6.54 Å². The maximum absolute atomic E-state index is 11.4. The molecule has 0 saturated carbocycles. The minimum atomic E-state index is -1.06. The Hall–Kier alpha value is -1.75. The maximum Gasteiger partial charge on any atom is 0.326 e. The molecule has 0 bridgehead atoms. The molecule has 1 amide bonds. The Morgan fingerprint density at radius 1 is 1.86 bits per heavy atom. The van der Waals surface area contributed by atoms with Crippen LogP contribution < -0.4 is 0 Å². The standard InChI is InChI=1S/C7H10N4O3/c1-4(7(13)14)11-3-2-5(6(11)12)9-10-8/h4-5H,2-3H2,1H3,(H,13,14). The molecule has 1 heterocycles. The van der Waals surface area contributed by atoms with Gasteiger partial charge in [0.05, 0.1) is 0 Å². The Morgan fingerprint density at radius 2 is 2.50 bits per heavy atom. The highest BCUT2D eigenvalue weighted by molar-refractivity contribution is 5.88. The molecule has 0 aromatic heterocycles. The topological polar surface area (TPSA) is 106 Å². The summed E-state index contributed by atoms with van der Waals surface area (Å²) in [5, 5.41) is 12.0. The normalized spacial score (nSPS) is 23.1. The Labute approximate surface area is 79.9 Å². The Kier molecular flexibility index (Phi) is 2.93. The summed E-state index contributed by atoms with van der Waals surface area (Å²) < 4.78 is 0. The van der Waals surface area contributed by atoms with Crippen molar-refractivity contribution in [3.8, 4) is 0 Å². The van der Waals surface area contributed by atoms with Crippen LogP contribution in [0.5, 0.6) is 0 Å². The zero-order valence-electron chi connectivity index (χ0n) is 7.62. The van der Waals surface area contributed by atoms with E-state index in [0.29, 0.717) is 13.0 Å². The number of nitrogens with zero attached hydrogens (tertiary/aromatic N) is 4. The van der Waals surface area contributed by atoms with Crippen molar-refractivity contribution in [1.29, 1.82) is 0 Å². The SMILES string of the molecule is CC(C(=O)O)N1CCC(N=[N+]=[N-])C1=O. The largest absolute Gasteiger partial charge is 0.480 e. The second-order valence-electron chi connectivity index (χ2n) is 3.06. The molecule has 0 radical (unpaired) electrons. The van der Waals surface area contributed by atoms with E-state index in [-0.39, 0.29) is 0 Å². The molecule has 14 heavy (non-hydrogen) atoms. The van der Waals surface area contributed by atoms with Crippen LogP contribution in [-0.2, 0) is 9.59 Å². The zero-order valence-corrected chi connectivity index (χ0v) is 7.62. The molecule has 7 nitrogen and oxygen atoms in total. The van der Waals surface area contributed by atoms with Gasteiger partial charge in [0.2, 0.25) is 5.91 Å². The average molecular weight is 198 g/mol. The second-order valence-corrected chi connectivity index (χ2v) is 3.06. The minimum absolute atomic E-state index is 0.329. The van der Waals surface area contributed by atoms with Gasteiger partial charge < -0.3 is 10.0 Å². The number of amides is 1.